The van der Waals surface area contributed by atoms with Gasteiger partial charge < -0.3 is 0 Å². The van der Waals surface area contributed by atoms with Crippen LogP contribution in [-0.2, 0) is 0 Å². The molecule has 1 nitrogen and oxygen atoms in total. The van der Waals surface area contributed by atoms with Gasteiger partial charge in [0.15, 0.2) is 0 Å². The van der Waals surface area contributed by atoms with Crippen LogP contribution in [0.1, 0.15) is 13.3 Å². The van der Waals surface area contributed by atoms with Crippen LogP contribution in [0.4, 0.5) is 0 Å². The Bertz CT molecular complexity index is 59.1. The van der Waals surface area contributed by atoms with Crippen LogP contribution in [0.3, 0.4) is 0 Å². The maximum absolute atomic E-state index is 4.13. The van der Waals surface area contributed by atoms with E-state index in [2.05, 4.69) is 19.7 Å². The van der Waals surface area contributed by atoms with Crippen LogP contribution in [0.2, 0.25) is 0 Å². The summed E-state index contributed by atoms with van der Waals surface area (Å²) in [4.78, 5) is 0. The highest BCUT2D eigenvalue weighted by Gasteiger charge is 2.21. The van der Waals surface area contributed by atoms with Crippen molar-refractivity contribution in [1.29, 1.82) is 0 Å². The van der Waals surface area contributed by atoms with Crippen molar-refractivity contribution in [2.24, 2.45) is 5.92 Å². The normalized spacial score (nSPS) is 24.9. The van der Waals surface area contributed by atoms with Crippen molar-refractivity contribution < 1.29 is 0 Å². The van der Waals surface area contributed by atoms with Gasteiger partial charge in [0.05, 0.1) is 0 Å². The molecule has 0 aliphatic carbocycles. The zero-order chi connectivity index (χ0) is 5.28. The first-order chi connectivity index (χ1) is 3.33. The lowest BCUT2D eigenvalue weighted by Crippen LogP contribution is -2.39. The fraction of sp³-hybridized carbons (Fsp3) is 1.00. The van der Waals surface area contributed by atoms with Crippen LogP contribution in [0.15, 0.2) is 0 Å². The Labute approximate surface area is 50.2 Å². The monoisotopic (exact) mass is 117 g/mol. The molecule has 1 saturated heterocycles. The molecule has 1 rings (SSSR count). The van der Waals surface area contributed by atoms with E-state index in [4.69, 9.17) is 0 Å². The van der Waals surface area contributed by atoms with Crippen LogP contribution in [0, 0.1) is 5.92 Å². The van der Waals surface area contributed by atoms with Crippen LogP contribution in [-0.4, -0.2) is 17.4 Å². The molecule has 0 saturated carbocycles. The van der Waals surface area contributed by atoms with Crippen molar-refractivity contribution in [2.75, 3.05) is 13.1 Å². The second-order valence-electron chi connectivity index (χ2n) is 2.15. The first-order valence-electron chi connectivity index (χ1n) is 2.76. The second kappa shape index (κ2) is 2.05. The molecule has 2 heteroatoms. The summed E-state index contributed by atoms with van der Waals surface area (Å²) < 4.78 is 2.05. The van der Waals surface area contributed by atoms with Gasteiger partial charge in [-0.1, -0.05) is 26.2 Å². The average Bonchev–Trinajstić information content (AvgIpc) is 1.58. The van der Waals surface area contributed by atoms with Crippen molar-refractivity contribution in [1.82, 2.24) is 4.31 Å². The molecule has 0 aromatic rings. The van der Waals surface area contributed by atoms with Crippen LogP contribution in [0.25, 0.3) is 0 Å². The largest absolute Gasteiger partial charge is 0.253 e. The number of thiol groups is 1. The van der Waals surface area contributed by atoms with E-state index in [-0.39, 0.29) is 0 Å². The Morgan fingerprint density at radius 1 is 1.71 bits per heavy atom. The first-order valence-corrected chi connectivity index (χ1v) is 3.16. The molecular formula is C5H11NS. The van der Waals surface area contributed by atoms with Crippen molar-refractivity contribution >= 4 is 12.8 Å². The van der Waals surface area contributed by atoms with Gasteiger partial charge in [-0.25, -0.2) is 0 Å². The molecule has 0 amide bonds. The summed E-state index contributed by atoms with van der Waals surface area (Å²) in [5.74, 6) is 0.942. The maximum Gasteiger partial charge on any atom is 0.0128 e. The molecule has 0 spiro atoms. The molecule has 0 N–H and O–H groups in total. The van der Waals surface area contributed by atoms with E-state index < -0.39 is 0 Å². The van der Waals surface area contributed by atoms with E-state index in [9.17, 15) is 0 Å². The molecule has 0 aromatic heterocycles. The van der Waals surface area contributed by atoms with E-state index in [1.54, 1.807) is 0 Å². The van der Waals surface area contributed by atoms with Gasteiger partial charge in [0.1, 0.15) is 0 Å². The van der Waals surface area contributed by atoms with Gasteiger partial charge in [-0.2, -0.15) is 0 Å². The van der Waals surface area contributed by atoms with Crippen molar-refractivity contribution in [2.45, 2.75) is 13.3 Å². The van der Waals surface area contributed by atoms with E-state index >= 15 is 0 Å². The first kappa shape index (κ1) is 5.45. The highest BCUT2D eigenvalue weighted by atomic mass is 32.1. The fourth-order valence-electron chi connectivity index (χ4n) is 0.801. The number of hydrogen-bond acceptors (Lipinski definition) is 2. The molecule has 1 aliphatic heterocycles. The van der Waals surface area contributed by atoms with Gasteiger partial charge in [0, 0.05) is 13.1 Å². The van der Waals surface area contributed by atoms with E-state index in [0.717, 1.165) is 5.92 Å². The van der Waals surface area contributed by atoms with Gasteiger partial charge in [-0.15, -0.1) is 0 Å². The van der Waals surface area contributed by atoms with Crippen LogP contribution >= 0.6 is 12.8 Å². The third-order valence-electron chi connectivity index (χ3n) is 1.52. The van der Waals surface area contributed by atoms with Gasteiger partial charge in [0.2, 0.25) is 0 Å². The summed E-state index contributed by atoms with van der Waals surface area (Å²) in [6.07, 6.45) is 1.32. The lowest BCUT2D eigenvalue weighted by molar-refractivity contribution is 0.217. The Balaban J connectivity index is 2.06. The van der Waals surface area contributed by atoms with E-state index in [1.165, 1.54) is 19.5 Å². The third-order valence-corrected chi connectivity index (χ3v) is 1.84. The predicted octanol–water partition coefficient (Wildman–Crippen LogP) is 1.17. The topological polar surface area (TPSA) is 3.24 Å². The minimum Gasteiger partial charge on any atom is -0.253 e. The van der Waals surface area contributed by atoms with Crippen LogP contribution < -0.4 is 0 Å². The van der Waals surface area contributed by atoms with E-state index in [1.807, 2.05) is 4.31 Å². The minimum absolute atomic E-state index is 0.942. The Kier molecular flexibility index (Phi) is 1.60. The highest BCUT2D eigenvalue weighted by Crippen LogP contribution is 2.18. The van der Waals surface area contributed by atoms with Gasteiger partial charge in [-0.05, 0) is 5.92 Å². The molecule has 0 atom stereocenters. The predicted molar refractivity (Wildman–Crippen MR) is 34.3 cm³/mol. The smallest absolute Gasteiger partial charge is 0.0128 e. The molecule has 0 bridgehead atoms. The summed E-state index contributed by atoms with van der Waals surface area (Å²) in [5, 5.41) is 0. The molecule has 7 heavy (non-hydrogen) atoms. The van der Waals surface area contributed by atoms with Crippen molar-refractivity contribution in [3.05, 3.63) is 0 Å². The molecule has 1 aliphatic rings. The lowest BCUT2D eigenvalue weighted by Gasteiger charge is -2.33. The summed E-state index contributed by atoms with van der Waals surface area (Å²) >= 11 is 4.13. The zero-order valence-electron chi connectivity index (χ0n) is 4.59. The molecule has 42 valence electrons. The third kappa shape index (κ3) is 1.10. The summed E-state index contributed by atoms with van der Waals surface area (Å²) in [7, 11) is 0. The Morgan fingerprint density at radius 2 is 2.29 bits per heavy atom. The lowest BCUT2D eigenvalue weighted by atomic mass is 10.0. The highest BCUT2D eigenvalue weighted by molar-refractivity contribution is 7.77. The van der Waals surface area contributed by atoms with Gasteiger partial charge in [0.25, 0.3) is 0 Å². The molecule has 0 radical (unpaired) electrons. The number of nitrogens with zero attached hydrogens (tertiary/aromatic N) is 1. The van der Waals surface area contributed by atoms with Crippen molar-refractivity contribution in [3.8, 4) is 0 Å². The molecule has 0 unspecified atom stereocenters. The summed E-state index contributed by atoms with van der Waals surface area (Å²) in [5.41, 5.74) is 0. The quantitative estimate of drug-likeness (QED) is 0.505. The molecule has 1 fully saturated rings. The maximum atomic E-state index is 4.13. The fourth-order valence-corrected chi connectivity index (χ4v) is 1.26. The number of hydrogen-bond donors (Lipinski definition) is 1. The van der Waals surface area contributed by atoms with Crippen molar-refractivity contribution in [3.63, 3.8) is 0 Å². The SMILES string of the molecule is CCC1CN(S)C1. The second-order valence-corrected chi connectivity index (χ2v) is 2.71. The summed E-state index contributed by atoms with van der Waals surface area (Å²) in [6.45, 7) is 4.62. The molecular weight excluding hydrogens is 106 g/mol. The van der Waals surface area contributed by atoms with Gasteiger partial charge in [-0.3, -0.25) is 4.31 Å². The number of rotatable bonds is 1. The standard InChI is InChI=1S/C5H11NS/c1-2-5-3-6(7)4-5/h5,7H,2-4H2,1H3. The van der Waals surface area contributed by atoms with E-state index in [0.29, 0.717) is 0 Å². The van der Waals surface area contributed by atoms with Crippen LogP contribution in [0.5, 0.6) is 0 Å². The Morgan fingerprint density at radius 3 is 2.43 bits per heavy atom. The Hall–Kier alpha value is 0.310. The zero-order valence-corrected chi connectivity index (χ0v) is 5.49. The molecule has 1 heterocycles. The average molecular weight is 117 g/mol. The van der Waals surface area contributed by atoms with Gasteiger partial charge >= 0.3 is 0 Å². The molecule has 0 aromatic carbocycles. The minimum atomic E-state index is 0.942. The summed E-state index contributed by atoms with van der Waals surface area (Å²) in [6, 6.07) is 0.